The van der Waals surface area contributed by atoms with Crippen LogP contribution in [0.3, 0.4) is 0 Å². The average Bonchev–Trinajstić information content (AvgIpc) is 2.99. The van der Waals surface area contributed by atoms with Crippen LogP contribution in [0.25, 0.3) is 0 Å². The number of ether oxygens (including phenoxy) is 1. The topological polar surface area (TPSA) is 36.3 Å². The molecule has 0 spiro atoms. The largest absolute Gasteiger partial charge is 0.349 e. The highest BCUT2D eigenvalue weighted by molar-refractivity contribution is 9.10. The van der Waals surface area contributed by atoms with Crippen LogP contribution in [0.4, 0.5) is 5.69 Å². The van der Waals surface area contributed by atoms with Gasteiger partial charge in [-0.1, -0.05) is 41.1 Å². The number of halogens is 1. The van der Waals surface area contributed by atoms with Crippen LogP contribution in [-0.2, 0) is 4.74 Å². The molecule has 3 rings (SSSR count). The van der Waals surface area contributed by atoms with E-state index in [0.29, 0.717) is 5.56 Å². The van der Waals surface area contributed by atoms with E-state index in [0.717, 1.165) is 28.7 Å². The molecule has 2 aromatic carbocycles. The second-order valence-electron chi connectivity index (χ2n) is 5.39. The summed E-state index contributed by atoms with van der Waals surface area (Å²) in [7, 11) is 0. The Bertz CT molecular complexity index is 710. The first kappa shape index (κ1) is 15.1. The zero-order valence-electron chi connectivity index (χ0n) is 12.4. The average molecular weight is 357 g/mol. The third-order valence-electron chi connectivity index (χ3n) is 3.90. The van der Waals surface area contributed by atoms with E-state index in [4.69, 9.17) is 10.00 Å². The number of nitriles is 1. The van der Waals surface area contributed by atoms with Gasteiger partial charge in [-0.25, -0.2) is 0 Å². The zero-order valence-corrected chi connectivity index (χ0v) is 14.0. The van der Waals surface area contributed by atoms with E-state index in [9.17, 15) is 0 Å². The molecule has 2 aromatic rings. The molecular formula is C18H17BrN2O. The van der Waals surface area contributed by atoms with Crippen molar-refractivity contribution in [3.05, 3.63) is 64.1 Å². The monoisotopic (exact) mass is 356 g/mol. The minimum atomic E-state index is -0.146. The van der Waals surface area contributed by atoms with Crippen LogP contribution in [0, 0.1) is 11.3 Å². The van der Waals surface area contributed by atoms with E-state index in [2.05, 4.69) is 46.0 Å². The van der Waals surface area contributed by atoms with Gasteiger partial charge in [0.2, 0.25) is 0 Å². The first-order chi connectivity index (χ1) is 10.7. The molecule has 0 amide bonds. The van der Waals surface area contributed by atoms with Gasteiger partial charge in [0.15, 0.2) is 6.23 Å². The number of hydrogen-bond acceptors (Lipinski definition) is 3. The first-order valence-electron chi connectivity index (χ1n) is 7.39. The first-order valence-corrected chi connectivity index (χ1v) is 8.18. The Morgan fingerprint density at radius 1 is 1.27 bits per heavy atom. The van der Waals surface area contributed by atoms with E-state index in [-0.39, 0.29) is 12.3 Å². The summed E-state index contributed by atoms with van der Waals surface area (Å²) in [5, 5.41) is 9.11. The van der Waals surface area contributed by atoms with Crippen molar-refractivity contribution in [3.63, 3.8) is 0 Å². The zero-order chi connectivity index (χ0) is 15.5. The molecule has 0 aromatic heterocycles. The molecule has 1 fully saturated rings. The molecule has 112 valence electrons. The standard InChI is InChI=1S/C18H17BrN2O/c1-2-17-12-21(16-8-4-7-15(19)10-16)18(22-17)14-6-3-5-13(9-14)11-20/h3-10,17-18H,2,12H2,1H3. The number of anilines is 1. The molecule has 3 nitrogen and oxygen atoms in total. The molecule has 1 heterocycles. The fourth-order valence-corrected chi connectivity index (χ4v) is 3.14. The van der Waals surface area contributed by atoms with E-state index in [1.807, 2.05) is 36.4 Å². The SMILES string of the molecule is CCC1CN(c2cccc(Br)c2)C(c2cccc(C#N)c2)O1. The summed E-state index contributed by atoms with van der Waals surface area (Å²) in [6, 6.07) is 18.1. The summed E-state index contributed by atoms with van der Waals surface area (Å²) >= 11 is 3.53. The highest BCUT2D eigenvalue weighted by Gasteiger charge is 2.33. The maximum Gasteiger partial charge on any atom is 0.157 e. The van der Waals surface area contributed by atoms with Gasteiger partial charge >= 0.3 is 0 Å². The van der Waals surface area contributed by atoms with Gasteiger partial charge < -0.3 is 9.64 Å². The Kier molecular flexibility index (Phi) is 4.47. The summed E-state index contributed by atoms with van der Waals surface area (Å²) in [5.41, 5.74) is 2.81. The molecule has 0 radical (unpaired) electrons. The van der Waals surface area contributed by atoms with Crippen molar-refractivity contribution in [1.29, 1.82) is 5.26 Å². The lowest BCUT2D eigenvalue weighted by atomic mass is 10.1. The lowest BCUT2D eigenvalue weighted by molar-refractivity contribution is 0.0462. The summed E-state index contributed by atoms with van der Waals surface area (Å²) in [4.78, 5) is 2.26. The lowest BCUT2D eigenvalue weighted by Gasteiger charge is -2.25. The predicted octanol–water partition coefficient (Wildman–Crippen LogP) is 4.63. The Labute approximate surface area is 139 Å². The van der Waals surface area contributed by atoms with Crippen molar-refractivity contribution in [2.45, 2.75) is 25.7 Å². The van der Waals surface area contributed by atoms with Gasteiger partial charge in [0.1, 0.15) is 0 Å². The van der Waals surface area contributed by atoms with Crippen molar-refractivity contribution < 1.29 is 4.74 Å². The fraction of sp³-hybridized carbons (Fsp3) is 0.278. The van der Waals surface area contributed by atoms with E-state index in [1.54, 1.807) is 0 Å². The number of nitrogens with zero attached hydrogens (tertiary/aromatic N) is 2. The Morgan fingerprint density at radius 3 is 2.82 bits per heavy atom. The fourth-order valence-electron chi connectivity index (χ4n) is 2.76. The van der Waals surface area contributed by atoms with Crippen molar-refractivity contribution in [2.24, 2.45) is 0 Å². The summed E-state index contributed by atoms with van der Waals surface area (Å²) in [5.74, 6) is 0. The van der Waals surface area contributed by atoms with E-state index < -0.39 is 0 Å². The Hall–Kier alpha value is -1.83. The number of rotatable bonds is 3. The maximum absolute atomic E-state index is 9.11. The van der Waals surface area contributed by atoms with Gasteiger partial charge in [-0.3, -0.25) is 0 Å². The van der Waals surface area contributed by atoms with Crippen molar-refractivity contribution in [2.75, 3.05) is 11.4 Å². The lowest BCUT2D eigenvalue weighted by Crippen LogP contribution is -2.24. The van der Waals surface area contributed by atoms with Gasteiger partial charge in [-0.05, 0) is 36.8 Å². The minimum Gasteiger partial charge on any atom is -0.349 e. The van der Waals surface area contributed by atoms with Gasteiger partial charge in [-0.2, -0.15) is 5.26 Å². The van der Waals surface area contributed by atoms with Crippen LogP contribution < -0.4 is 4.90 Å². The maximum atomic E-state index is 9.11. The molecule has 1 aliphatic heterocycles. The van der Waals surface area contributed by atoms with E-state index >= 15 is 0 Å². The van der Waals surface area contributed by atoms with Crippen LogP contribution in [-0.4, -0.2) is 12.6 Å². The number of hydrogen-bond donors (Lipinski definition) is 0. The predicted molar refractivity (Wildman–Crippen MR) is 90.6 cm³/mol. The van der Waals surface area contributed by atoms with Gasteiger partial charge in [0.25, 0.3) is 0 Å². The normalized spacial score (nSPS) is 20.9. The number of benzene rings is 2. The van der Waals surface area contributed by atoms with Crippen molar-refractivity contribution >= 4 is 21.6 Å². The molecule has 2 unspecified atom stereocenters. The molecular weight excluding hydrogens is 340 g/mol. The van der Waals surface area contributed by atoms with Crippen LogP contribution >= 0.6 is 15.9 Å². The summed E-state index contributed by atoms with van der Waals surface area (Å²) < 4.78 is 7.25. The third-order valence-corrected chi connectivity index (χ3v) is 4.39. The van der Waals surface area contributed by atoms with Crippen molar-refractivity contribution in [1.82, 2.24) is 0 Å². The molecule has 0 bridgehead atoms. The van der Waals surface area contributed by atoms with Crippen LogP contribution in [0.5, 0.6) is 0 Å². The second-order valence-corrected chi connectivity index (χ2v) is 6.30. The van der Waals surface area contributed by atoms with Crippen molar-refractivity contribution in [3.8, 4) is 6.07 Å². The summed E-state index contributed by atoms with van der Waals surface area (Å²) in [6.45, 7) is 2.99. The molecule has 2 atom stereocenters. The quantitative estimate of drug-likeness (QED) is 0.803. The highest BCUT2D eigenvalue weighted by atomic mass is 79.9. The van der Waals surface area contributed by atoms with Crippen LogP contribution in [0.2, 0.25) is 0 Å². The van der Waals surface area contributed by atoms with Crippen LogP contribution in [0.15, 0.2) is 53.0 Å². The molecule has 0 aliphatic carbocycles. The minimum absolute atomic E-state index is 0.146. The molecule has 0 N–H and O–H groups in total. The molecule has 22 heavy (non-hydrogen) atoms. The summed E-state index contributed by atoms with van der Waals surface area (Å²) in [6.07, 6.45) is 1.03. The van der Waals surface area contributed by atoms with E-state index in [1.165, 1.54) is 0 Å². The third kappa shape index (κ3) is 3.01. The molecule has 0 saturated carbocycles. The van der Waals surface area contributed by atoms with Gasteiger partial charge in [-0.15, -0.1) is 0 Å². The van der Waals surface area contributed by atoms with Crippen LogP contribution in [0.1, 0.15) is 30.7 Å². The Balaban J connectivity index is 1.97. The molecule has 1 aliphatic rings. The highest BCUT2D eigenvalue weighted by Crippen LogP contribution is 2.36. The Morgan fingerprint density at radius 2 is 2.09 bits per heavy atom. The molecule has 1 saturated heterocycles. The second kappa shape index (κ2) is 6.51. The molecule has 4 heteroatoms. The van der Waals surface area contributed by atoms with Gasteiger partial charge in [0.05, 0.1) is 17.7 Å². The van der Waals surface area contributed by atoms with Gasteiger partial charge in [0, 0.05) is 22.3 Å². The smallest absolute Gasteiger partial charge is 0.157 e.